The number of halogens is 3. The van der Waals surface area contributed by atoms with Gasteiger partial charge in [-0.05, 0) is 36.6 Å². The van der Waals surface area contributed by atoms with Crippen molar-refractivity contribution in [3.05, 3.63) is 53.7 Å². The van der Waals surface area contributed by atoms with Gasteiger partial charge in [-0.25, -0.2) is 4.79 Å². The van der Waals surface area contributed by atoms with E-state index in [1.54, 1.807) is 12.1 Å². The van der Waals surface area contributed by atoms with Gasteiger partial charge >= 0.3 is 12.1 Å². The lowest BCUT2D eigenvalue weighted by Gasteiger charge is -2.19. The van der Waals surface area contributed by atoms with Crippen molar-refractivity contribution >= 4 is 5.97 Å². The fourth-order valence-corrected chi connectivity index (χ4v) is 2.82. The van der Waals surface area contributed by atoms with E-state index < -0.39 is 24.9 Å². The first-order valence-corrected chi connectivity index (χ1v) is 9.67. The number of hydrogen-bond donors (Lipinski definition) is 0. The zero-order chi connectivity index (χ0) is 21.3. The van der Waals surface area contributed by atoms with Crippen molar-refractivity contribution in [1.82, 2.24) is 4.98 Å². The molecule has 0 radical (unpaired) electrons. The monoisotopic (exact) mass is 409 g/mol. The maximum absolute atomic E-state index is 12.9. The lowest BCUT2D eigenvalue weighted by Crippen LogP contribution is -2.37. The molecule has 1 atom stereocenters. The van der Waals surface area contributed by atoms with Crippen molar-refractivity contribution in [1.29, 1.82) is 0 Å². The maximum atomic E-state index is 12.9. The molecule has 158 valence electrons. The molecule has 0 saturated carbocycles. The van der Waals surface area contributed by atoms with Gasteiger partial charge < -0.3 is 9.47 Å². The molecule has 7 heteroatoms. The summed E-state index contributed by atoms with van der Waals surface area (Å²) in [6, 6.07) is 10.1. The molecule has 0 aliphatic carbocycles. The molecule has 2 rings (SSSR count). The Morgan fingerprint density at radius 1 is 1.07 bits per heavy atom. The minimum absolute atomic E-state index is 0.0339. The number of hydrogen-bond acceptors (Lipinski definition) is 4. The molecule has 1 aromatic carbocycles. The lowest BCUT2D eigenvalue weighted by molar-refractivity contribution is -0.215. The van der Waals surface area contributed by atoms with Gasteiger partial charge in [-0.3, -0.25) is 4.98 Å². The molecule has 4 nitrogen and oxygen atoms in total. The van der Waals surface area contributed by atoms with Crippen LogP contribution in [0.1, 0.15) is 48.5 Å². The van der Waals surface area contributed by atoms with Crippen LogP contribution in [-0.2, 0) is 15.9 Å². The van der Waals surface area contributed by atoms with E-state index in [1.165, 1.54) is 37.0 Å². The number of carbonyl (C=O) groups excluding carboxylic acids is 1. The van der Waals surface area contributed by atoms with Gasteiger partial charge in [0.1, 0.15) is 0 Å². The summed E-state index contributed by atoms with van der Waals surface area (Å²) >= 11 is 0. The largest absolute Gasteiger partial charge is 0.447 e. The Bertz CT molecular complexity index is 758. The molecule has 2 aromatic rings. The van der Waals surface area contributed by atoms with E-state index in [2.05, 4.69) is 21.4 Å². The molecule has 29 heavy (non-hydrogen) atoms. The third-order valence-electron chi connectivity index (χ3n) is 4.49. The van der Waals surface area contributed by atoms with E-state index in [0.717, 1.165) is 31.2 Å². The van der Waals surface area contributed by atoms with Gasteiger partial charge in [0.2, 0.25) is 6.10 Å². The number of nitrogens with zero attached hydrogens (tertiary/aromatic N) is 1. The highest BCUT2D eigenvalue weighted by molar-refractivity contribution is 5.90. The summed E-state index contributed by atoms with van der Waals surface area (Å²) in [5, 5.41) is 0. The Hall–Kier alpha value is -2.41. The van der Waals surface area contributed by atoms with Crippen LogP contribution in [0, 0.1) is 0 Å². The fraction of sp³-hybridized carbons (Fsp3) is 0.455. The Balaban J connectivity index is 1.99. The van der Waals surface area contributed by atoms with Gasteiger partial charge in [0.15, 0.2) is 0 Å². The molecule has 0 aliphatic rings. The molecule has 1 unspecified atom stereocenters. The number of methoxy groups -OCH3 is 1. The fourth-order valence-electron chi connectivity index (χ4n) is 2.82. The standard InChI is InChI=1S/C22H26F3NO3/c1-3-4-5-6-7-16-8-13-19(26-14-16)17-9-11-18(12-10-17)21(27)29-20(15-28-2)22(23,24)25/h8-14,20H,3-7,15H2,1-2H3. The van der Waals surface area contributed by atoms with Crippen LogP contribution in [0.3, 0.4) is 0 Å². The van der Waals surface area contributed by atoms with Crippen molar-refractivity contribution < 1.29 is 27.4 Å². The van der Waals surface area contributed by atoms with Gasteiger partial charge in [-0.15, -0.1) is 0 Å². The lowest BCUT2D eigenvalue weighted by atomic mass is 10.1. The molecule has 0 amide bonds. The third kappa shape index (κ3) is 7.16. The van der Waals surface area contributed by atoms with Gasteiger partial charge in [-0.1, -0.05) is 44.4 Å². The number of alkyl halides is 3. The first-order valence-electron chi connectivity index (χ1n) is 9.67. The van der Waals surface area contributed by atoms with Crippen LogP contribution in [0.15, 0.2) is 42.6 Å². The quantitative estimate of drug-likeness (QED) is 0.378. The molecule has 0 aliphatic heterocycles. The van der Waals surface area contributed by atoms with Crippen molar-refractivity contribution in [2.45, 2.75) is 51.3 Å². The highest BCUT2D eigenvalue weighted by Gasteiger charge is 2.43. The smallest absolute Gasteiger partial charge is 0.427 e. The molecular weight excluding hydrogens is 383 g/mol. The van der Waals surface area contributed by atoms with E-state index in [-0.39, 0.29) is 5.56 Å². The van der Waals surface area contributed by atoms with Gasteiger partial charge in [0.25, 0.3) is 0 Å². The highest BCUT2D eigenvalue weighted by atomic mass is 19.4. The van der Waals surface area contributed by atoms with E-state index in [1.807, 2.05) is 18.3 Å². The van der Waals surface area contributed by atoms with E-state index in [9.17, 15) is 18.0 Å². The van der Waals surface area contributed by atoms with Crippen LogP contribution >= 0.6 is 0 Å². The molecule has 0 saturated heterocycles. The van der Waals surface area contributed by atoms with Crippen molar-refractivity contribution in [2.24, 2.45) is 0 Å². The second-order valence-corrected chi connectivity index (χ2v) is 6.83. The molecule has 0 fully saturated rings. The second-order valence-electron chi connectivity index (χ2n) is 6.83. The number of ether oxygens (including phenoxy) is 2. The number of carbonyl (C=O) groups is 1. The minimum Gasteiger partial charge on any atom is -0.447 e. The minimum atomic E-state index is -4.69. The van der Waals surface area contributed by atoms with Gasteiger partial charge in [0, 0.05) is 18.9 Å². The van der Waals surface area contributed by atoms with Crippen LogP contribution in [-0.4, -0.2) is 37.0 Å². The highest BCUT2D eigenvalue weighted by Crippen LogP contribution is 2.25. The summed E-state index contributed by atoms with van der Waals surface area (Å²) in [5.74, 6) is -1.05. The summed E-state index contributed by atoms with van der Waals surface area (Å²) < 4.78 is 47.6. The van der Waals surface area contributed by atoms with Gasteiger partial charge in [0.05, 0.1) is 17.9 Å². The Kier molecular flexibility index (Phi) is 8.64. The van der Waals surface area contributed by atoms with Crippen molar-refractivity contribution in [3.63, 3.8) is 0 Å². The summed E-state index contributed by atoms with van der Waals surface area (Å²) in [6.07, 6.45) is 0.601. The van der Waals surface area contributed by atoms with Crippen molar-refractivity contribution in [2.75, 3.05) is 13.7 Å². The zero-order valence-corrected chi connectivity index (χ0v) is 16.7. The summed E-state index contributed by atoms with van der Waals surface area (Å²) in [7, 11) is 1.12. The SMILES string of the molecule is CCCCCCc1ccc(-c2ccc(C(=O)OC(COC)C(F)(F)F)cc2)nc1. The Morgan fingerprint density at radius 3 is 2.34 bits per heavy atom. The second kappa shape index (κ2) is 11.0. The molecule has 0 N–H and O–H groups in total. The van der Waals surface area contributed by atoms with Gasteiger partial charge in [-0.2, -0.15) is 13.2 Å². The number of pyridine rings is 1. The van der Waals surface area contributed by atoms with Crippen LogP contribution in [0.2, 0.25) is 0 Å². The summed E-state index contributed by atoms with van der Waals surface area (Å²) in [4.78, 5) is 16.5. The average molecular weight is 409 g/mol. The number of unbranched alkanes of at least 4 members (excludes halogenated alkanes) is 3. The first-order chi connectivity index (χ1) is 13.8. The number of rotatable bonds is 10. The third-order valence-corrected chi connectivity index (χ3v) is 4.49. The van der Waals surface area contributed by atoms with Crippen molar-refractivity contribution in [3.8, 4) is 11.3 Å². The number of benzene rings is 1. The van der Waals surface area contributed by atoms with Crippen LogP contribution in [0.4, 0.5) is 13.2 Å². The van der Waals surface area contributed by atoms with E-state index in [4.69, 9.17) is 0 Å². The molecule has 1 aromatic heterocycles. The summed E-state index contributed by atoms with van der Waals surface area (Å²) in [6.45, 7) is 1.43. The van der Waals surface area contributed by atoms with Crippen LogP contribution in [0.5, 0.6) is 0 Å². The predicted octanol–water partition coefficient (Wildman–Crippen LogP) is 5.61. The van der Waals surface area contributed by atoms with E-state index in [0.29, 0.717) is 0 Å². The average Bonchev–Trinajstić information content (AvgIpc) is 2.71. The zero-order valence-electron chi connectivity index (χ0n) is 16.7. The normalized spacial score (nSPS) is 12.6. The van der Waals surface area contributed by atoms with Crippen LogP contribution < -0.4 is 0 Å². The maximum Gasteiger partial charge on any atom is 0.427 e. The first kappa shape index (κ1) is 22.9. The predicted molar refractivity (Wildman–Crippen MR) is 105 cm³/mol. The van der Waals surface area contributed by atoms with E-state index >= 15 is 0 Å². The number of aryl methyl sites for hydroxylation is 1. The Morgan fingerprint density at radius 2 is 1.79 bits per heavy atom. The molecule has 0 bridgehead atoms. The topological polar surface area (TPSA) is 48.4 Å². The number of esters is 1. The molecule has 1 heterocycles. The Labute approximate surface area is 169 Å². The summed E-state index contributed by atoms with van der Waals surface area (Å²) in [5.41, 5.74) is 2.70. The van der Waals surface area contributed by atoms with Crippen LogP contribution in [0.25, 0.3) is 11.3 Å². The number of aromatic nitrogens is 1. The molecular formula is C22H26F3NO3. The molecule has 0 spiro atoms.